The van der Waals surface area contributed by atoms with Crippen molar-refractivity contribution in [1.82, 2.24) is 9.78 Å². The fraction of sp³-hybridized carbons (Fsp3) is 0.364. The average molecular weight is 205 g/mol. The molecule has 0 saturated heterocycles. The van der Waals surface area contributed by atoms with Crippen molar-refractivity contribution < 1.29 is 4.42 Å². The van der Waals surface area contributed by atoms with Gasteiger partial charge >= 0.3 is 0 Å². The van der Waals surface area contributed by atoms with Crippen molar-refractivity contribution in [2.75, 3.05) is 5.32 Å². The summed E-state index contributed by atoms with van der Waals surface area (Å²) in [5, 5.41) is 7.38. The van der Waals surface area contributed by atoms with Crippen LogP contribution in [0.1, 0.15) is 17.1 Å². The molecule has 2 aromatic rings. The molecule has 2 heterocycles. The van der Waals surface area contributed by atoms with Gasteiger partial charge in [-0.15, -0.1) is 0 Å². The normalized spacial score (nSPS) is 10.6. The first-order valence-corrected chi connectivity index (χ1v) is 4.93. The van der Waals surface area contributed by atoms with Gasteiger partial charge in [-0.05, 0) is 19.9 Å². The van der Waals surface area contributed by atoms with Gasteiger partial charge in [0.15, 0.2) is 0 Å². The van der Waals surface area contributed by atoms with E-state index >= 15 is 0 Å². The van der Waals surface area contributed by atoms with Crippen molar-refractivity contribution in [2.45, 2.75) is 20.4 Å². The highest BCUT2D eigenvalue weighted by atomic mass is 16.3. The molecule has 0 aliphatic rings. The lowest BCUT2D eigenvalue weighted by atomic mass is 10.2. The minimum absolute atomic E-state index is 0.773. The van der Waals surface area contributed by atoms with Crippen LogP contribution < -0.4 is 5.32 Å². The van der Waals surface area contributed by atoms with Gasteiger partial charge in [0, 0.05) is 25.4 Å². The Labute approximate surface area is 88.9 Å². The molecule has 15 heavy (non-hydrogen) atoms. The van der Waals surface area contributed by atoms with Crippen molar-refractivity contribution in [3.63, 3.8) is 0 Å². The van der Waals surface area contributed by atoms with Gasteiger partial charge in [0.05, 0.1) is 11.9 Å². The molecule has 0 aliphatic heterocycles. The molecule has 0 spiro atoms. The topological polar surface area (TPSA) is 43.0 Å². The number of nitrogens with one attached hydrogen (secondary N) is 1. The van der Waals surface area contributed by atoms with Crippen LogP contribution >= 0.6 is 0 Å². The van der Waals surface area contributed by atoms with E-state index in [0.717, 1.165) is 23.8 Å². The molecule has 0 aliphatic carbocycles. The molecule has 0 saturated carbocycles. The van der Waals surface area contributed by atoms with Gasteiger partial charge < -0.3 is 9.73 Å². The van der Waals surface area contributed by atoms with Crippen LogP contribution in [0.2, 0.25) is 0 Å². The Bertz CT molecular complexity index is 456. The maximum atomic E-state index is 5.45. The number of furan rings is 1. The van der Waals surface area contributed by atoms with Gasteiger partial charge in [0.2, 0.25) is 0 Å². The summed E-state index contributed by atoms with van der Waals surface area (Å²) in [6.45, 7) is 4.71. The van der Waals surface area contributed by atoms with E-state index in [1.165, 1.54) is 5.56 Å². The van der Waals surface area contributed by atoms with Crippen molar-refractivity contribution in [3.05, 3.63) is 35.5 Å². The molecule has 0 bridgehead atoms. The summed E-state index contributed by atoms with van der Waals surface area (Å²) in [7, 11) is 1.90. The van der Waals surface area contributed by atoms with Gasteiger partial charge in [-0.2, -0.15) is 5.10 Å². The first-order valence-electron chi connectivity index (χ1n) is 4.93. The fourth-order valence-corrected chi connectivity index (χ4v) is 1.57. The van der Waals surface area contributed by atoms with E-state index < -0.39 is 0 Å². The zero-order valence-corrected chi connectivity index (χ0v) is 9.24. The van der Waals surface area contributed by atoms with Crippen molar-refractivity contribution in [1.29, 1.82) is 0 Å². The number of hydrogen-bond donors (Lipinski definition) is 1. The van der Waals surface area contributed by atoms with Crippen LogP contribution in [0.3, 0.4) is 0 Å². The Morgan fingerprint density at radius 1 is 1.47 bits per heavy atom. The third-order valence-corrected chi connectivity index (χ3v) is 2.33. The van der Waals surface area contributed by atoms with Crippen LogP contribution in [0.15, 0.2) is 22.9 Å². The third kappa shape index (κ3) is 2.21. The van der Waals surface area contributed by atoms with Crippen molar-refractivity contribution in [3.8, 4) is 0 Å². The number of aromatic nitrogens is 2. The summed E-state index contributed by atoms with van der Waals surface area (Å²) in [5.41, 5.74) is 2.21. The molecule has 4 heteroatoms. The summed E-state index contributed by atoms with van der Waals surface area (Å²) in [6, 6.07) is 2.05. The smallest absolute Gasteiger partial charge is 0.106 e. The van der Waals surface area contributed by atoms with Crippen LogP contribution in [-0.4, -0.2) is 9.78 Å². The summed E-state index contributed by atoms with van der Waals surface area (Å²) < 4.78 is 7.22. The molecule has 1 N–H and O–H groups in total. The average Bonchev–Trinajstić information content (AvgIpc) is 2.70. The first kappa shape index (κ1) is 9.83. The van der Waals surface area contributed by atoms with Gasteiger partial charge in [0.25, 0.3) is 0 Å². The van der Waals surface area contributed by atoms with Crippen LogP contribution in [0.4, 0.5) is 5.69 Å². The number of rotatable bonds is 3. The second-order valence-electron chi connectivity index (χ2n) is 3.69. The van der Waals surface area contributed by atoms with E-state index in [4.69, 9.17) is 4.42 Å². The number of nitrogens with zero attached hydrogens (tertiary/aromatic N) is 2. The van der Waals surface area contributed by atoms with Crippen molar-refractivity contribution in [2.24, 2.45) is 7.05 Å². The molecule has 2 rings (SSSR count). The highest BCUT2D eigenvalue weighted by Gasteiger charge is 2.04. The standard InChI is InChI=1S/C11H15N3O/c1-8-4-10(9(2)15-8)5-12-11-6-13-14(3)7-11/h4,6-7,12H,5H2,1-3H3. The van der Waals surface area contributed by atoms with E-state index in [-0.39, 0.29) is 0 Å². The lowest BCUT2D eigenvalue weighted by Crippen LogP contribution is -1.98. The van der Waals surface area contributed by atoms with E-state index in [2.05, 4.69) is 16.5 Å². The number of aryl methyl sites for hydroxylation is 3. The highest BCUT2D eigenvalue weighted by Crippen LogP contribution is 2.15. The zero-order chi connectivity index (χ0) is 10.8. The first-order chi connectivity index (χ1) is 7.15. The summed E-state index contributed by atoms with van der Waals surface area (Å²) in [5.74, 6) is 1.93. The lowest BCUT2D eigenvalue weighted by molar-refractivity contribution is 0.501. The second-order valence-corrected chi connectivity index (χ2v) is 3.69. The predicted molar refractivity (Wildman–Crippen MR) is 58.7 cm³/mol. The summed E-state index contributed by atoms with van der Waals surface area (Å²) in [4.78, 5) is 0. The monoisotopic (exact) mass is 205 g/mol. The Morgan fingerprint density at radius 3 is 2.80 bits per heavy atom. The molecule has 80 valence electrons. The van der Waals surface area contributed by atoms with E-state index in [1.807, 2.05) is 33.3 Å². The van der Waals surface area contributed by atoms with Crippen LogP contribution in [0.5, 0.6) is 0 Å². The Morgan fingerprint density at radius 2 is 2.27 bits per heavy atom. The van der Waals surface area contributed by atoms with Gasteiger partial charge in [0.1, 0.15) is 11.5 Å². The minimum atomic E-state index is 0.773. The zero-order valence-electron chi connectivity index (χ0n) is 9.24. The molecule has 4 nitrogen and oxygen atoms in total. The highest BCUT2D eigenvalue weighted by molar-refractivity contribution is 5.39. The lowest BCUT2D eigenvalue weighted by Gasteiger charge is -2.00. The van der Waals surface area contributed by atoms with Crippen LogP contribution in [-0.2, 0) is 13.6 Å². The maximum Gasteiger partial charge on any atom is 0.106 e. The summed E-state index contributed by atoms with van der Waals surface area (Å²) >= 11 is 0. The maximum absolute atomic E-state index is 5.45. The Kier molecular flexibility index (Phi) is 2.49. The number of hydrogen-bond acceptors (Lipinski definition) is 3. The van der Waals surface area contributed by atoms with Crippen molar-refractivity contribution >= 4 is 5.69 Å². The SMILES string of the molecule is Cc1cc(CNc2cnn(C)c2)c(C)o1. The molecule has 0 atom stereocenters. The van der Waals surface area contributed by atoms with E-state index in [0.29, 0.717) is 0 Å². The Balaban J connectivity index is 2.01. The quantitative estimate of drug-likeness (QED) is 0.835. The molecular formula is C11H15N3O. The molecule has 0 amide bonds. The predicted octanol–water partition coefficient (Wildman–Crippen LogP) is 2.24. The number of anilines is 1. The van der Waals surface area contributed by atoms with Gasteiger partial charge in [-0.3, -0.25) is 4.68 Å². The minimum Gasteiger partial charge on any atom is -0.466 e. The second kappa shape index (κ2) is 3.81. The molecule has 0 unspecified atom stereocenters. The van der Waals surface area contributed by atoms with Crippen LogP contribution in [0, 0.1) is 13.8 Å². The van der Waals surface area contributed by atoms with E-state index in [1.54, 1.807) is 4.68 Å². The molecule has 0 fully saturated rings. The summed E-state index contributed by atoms with van der Waals surface area (Å²) in [6.07, 6.45) is 3.75. The molecule has 0 aromatic carbocycles. The van der Waals surface area contributed by atoms with Gasteiger partial charge in [-0.1, -0.05) is 0 Å². The van der Waals surface area contributed by atoms with Crippen LogP contribution in [0.25, 0.3) is 0 Å². The Hall–Kier alpha value is -1.71. The third-order valence-electron chi connectivity index (χ3n) is 2.33. The van der Waals surface area contributed by atoms with Gasteiger partial charge in [-0.25, -0.2) is 0 Å². The largest absolute Gasteiger partial charge is 0.466 e. The molecule has 2 aromatic heterocycles. The molecule has 0 radical (unpaired) electrons. The molecular weight excluding hydrogens is 190 g/mol. The van der Waals surface area contributed by atoms with E-state index in [9.17, 15) is 0 Å². The fourth-order valence-electron chi connectivity index (χ4n) is 1.57.